The summed E-state index contributed by atoms with van der Waals surface area (Å²) in [7, 11) is 0. The lowest BCUT2D eigenvalue weighted by Crippen LogP contribution is -2.52. The molecule has 1 heterocycles. The molecule has 0 radical (unpaired) electrons. The van der Waals surface area contributed by atoms with E-state index >= 15 is 0 Å². The highest BCUT2D eigenvalue weighted by Gasteiger charge is 2.30. The number of amides is 2. The predicted molar refractivity (Wildman–Crippen MR) is 106 cm³/mol. The average molecular weight is 373 g/mol. The number of carbonyl (C=O) groups is 2. The van der Waals surface area contributed by atoms with Gasteiger partial charge in [-0.1, -0.05) is 38.8 Å². The van der Waals surface area contributed by atoms with Gasteiger partial charge in [0.25, 0.3) is 5.91 Å². The molecular formula is C22H32N2O3. The van der Waals surface area contributed by atoms with E-state index in [1.165, 1.54) is 18.4 Å². The van der Waals surface area contributed by atoms with Crippen LogP contribution in [-0.2, 0) is 9.59 Å². The number of ether oxygens (including phenoxy) is 1. The van der Waals surface area contributed by atoms with Crippen molar-refractivity contribution < 1.29 is 14.3 Å². The van der Waals surface area contributed by atoms with Crippen LogP contribution in [0.25, 0.3) is 0 Å². The number of nitrogens with zero attached hydrogens (tertiary/aromatic N) is 2. The second-order valence-electron chi connectivity index (χ2n) is 8.16. The molecule has 148 valence electrons. The van der Waals surface area contributed by atoms with Crippen molar-refractivity contribution in [3.63, 3.8) is 0 Å². The van der Waals surface area contributed by atoms with Crippen molar-refractivity contribution in [2.24, 2.45) is 5.92 Å². The zero-order valence-corrected chi connectivity index (χ0v) is 16.9. The second kappa shape index (κ2) is 8.77. The summed E-state index contributed by atoms with van der Waals surface area (Å²) in [6.07, 6.45) is 4.40. The van der Waals surface area contributed by atoms with Crippen LogP contribution in [0, 0.1) is 12.8 Å². The molecule has 1 aliphatic heterocycles. The van der Waals surface area contributed by atoms with Gasteiger partial charge in [0.05, 0.1) is 0 Å². The molecule has 5 nitrogen and oxygen atoms in total. The molecule has 2 fully saturated rings. The van der Waals surface area contributed by atoms with Crippen LogP contribution >= 0.6 is 0 Å². The lowest BCUT2D eigenvalue weighted by Gasteiger charge is -2.36. The number of rotatable bonds is 5. The highest BCUT2D eigenvalue weighted by atomic mass is 16.5. The third-order valence-electron chi connectivity index (χ3n) is 5.88. The first-order chi connectivity index (χ1) is 13.0. The van der Waals surface area contributed by atoms with Gasteiger partial charge < -0.3 is 14.5 Å². The van der Waals surface area contributed by atoms with E-state index in [-0.39, 0.29) is 24.3 Å². The molecule has 2 aliphatic rings. The zero-order valence-electron chi connectivity index (χ0n) is 16.9. The molecule has 0 unspecified atom stereocenters. The summed E-state index contributed by atoms with van der Waals surface area (Å²) in [5.41, 5.74) is 2.25. The fourth-order valence-corrected chi connectivity index (χ4v) is 3.97. The van der Waals surface area contributed by atoms with Gasteiger partial charge in [-0.15, -0.1) is 0 Å². The number of benzene rings is 1. The van der Waals surface area contributed by atoms with Crippen molar-refractivity contribution >= 4 is 11.8 Å². The van der Waals surface area contributed by atoms with Gasteiger partial charge in [0.1, 0.15) is 5.75 Å². The van der Waals surface area contributed by atoms with Crippen molar-refractivity contribution in [3.8, 4) is 5.75 Å². The number of carbonyl (C=O) groups excluding carboxylic acids is 2. The summed E-state index contributed by atoms with van der Waals surface area (Å²) in [4.78, 5) is 28.8. The molecule has 0 aromatic heterocycles. The molecule has 3 rings (SSSR count). The first kappa shape index (κ1) is 19.7. The van der Waals surface area contributed by atoms with Crippen LogP contribution in [0.4, 0.5) is 0 Å². The normalized spacial score (nSPS) is 18.2. The van der Waals surface area contributed by atoms with Gasteiger partial charge in [-0.05, 0) is 42.9 Å². The van der Waals surface area contributed by atoms with Gasteiger partial charge in [-0.25, -0.2) is 0 Å². The Morgan fingerprint density at radius 1 is 1.07 bits per heavy atom. The Morgan fingerprint density at radius 3 is 2.33 bits per heavy atom. The average Bonchev–Trinajstić information content (AvgIpc) is 3.21. The van der Waals surface area contributed by atoms with E-state index in [4.69, 9.17) is 4.74 Å². The van der Waals surface area contributed by atoms with Crippen LogP contribution in [0.5, 0.6) is 5.75 Å². The standard InChI is InChI=1S/C22H32N2O3/c1-16(2)19-9-8-17(3)20(14-19)27-15-21(25)23-10-12-24(13-11-23)22(26)18-6-4-5-7-18/h8-9,14,16,18H,4-7,10-13,15H2,1-3H3. The van der Waals surface area contributed by atoms with Crippen molar-refractivity contribution in [2.45, 2.75) is 52.4 Å². The molecule has 0 bridgehead atoms. The van der Waals surface area contributed by atoms with Gasteiger partial charge >= 0.3 is 0 Å². The van der Waals surface area contributed by atoms with Crippen LogP contribution in [0.15, 0.2) is 18.2 Å². The highest BCUT2D eigenvalue weighted by molar-refractivity contribution is 5.80. The van der Waals surface area contributed by atoms with Crippen LogP contribution in [0.2, 0.25) is 0 Å². The lowest BCUT2D eigenvalue weighted by molar-refractivity contribution is -0.142. The fraction of sp³-hybridized carbons (Fsp3) is 0.636. The van der Waals surface area contributed by atoms with Gasteiger partial charge in [0.15, 0.2) is 6.61 Å². The van der Waals surface area contributed by atoms with Crippen molar-refractivity contribution in [1.82, 2.24) is 9.80 Å². The molecule has 1 saturated heterocycles. The van der Waals surface area contributed by atoms with E-state index in [1.807, 2.05) is 28.9 Å². The van der Waals surface area contributed by atoms with Crippen LogP contribution < -0.4 is 4.74 Å². The smallest absolute Gasteiger partial charge is 0.260 e. The van der Waals surface area contributed by atoms with Crippen molar-refractivity contribution in [2.75, 3.05) is 32.8 Å². The third-order valence-corrected chi connectivity index (χ3v) is 5.88. The minimum absolute atomic E-state index is 0.00249. The Hall–Kier alpha value is -2.04. The van der Waals surface area contributed by atoms with E-state index in [2.05, 4.69) is 19.9 Å². The molecule has 1 aromatic rings. The van der Waals surface area contributed by atoms with Gasteiger partial charge in [-0.2, -0.15) is 0 Å². The maximum atomic E-state index is 12.5. The molecule has 1 aromatic carbocycles. The summed E-state index contributed by atoms with van der Waals surface area (Å²) >= 11 is 0. The minimum Gasteiger partial charge on any atom is -0.483 e. The van der Waals surface area contributed by atoms with Crippen LogP contribution in [0.3, 0.4) is 0 Å². The van der Waals surface area contributed by atoms with Gasteiger partial charge in [0.2, 0.25) is 5.91 Å². The highest BCUT2D eigenvalue weighted by Crippen LogP contribution is 2.27. The summed E-state index contributed by atoms with van der Waals surface area (Å²) in [5.74, 6) is 1.71. The van der Waals surface area contributed by atoms with E-state index in [0.717, 1.165) is 24.2 Å². The first-order valence-electron chi connectivity index (χ1n) is 10.3. The Morgan fingerprint density at radius 2 is 1.70 bits per heavy atom. The van der Waals surface area contributed by atoms with E-state index in [9.17, 15) is 9.59 Å². The maximum Gasteiger partial charge on any atom is 0.260 e. The van der Waals surface area contributed by atoms with Crippen LogP contribution in [-0.4, -0.2) is 54.4 Å². The number of hydrogen-bond acceptors (Lipinski definition) is 3. The van der Waals surface area contributed by atoms with Gasteiger partial charge in [-0.3, -0.25) is 9.59 Å². The Bertz CT molecular complexity index is 672. The second-order valence-corrected chi connectivity index (χ2v) is 8.16. The van der Waals surface area contributed by atoms with Crippen LogP contribution in [0.1, 0.15) is 56.6 Å². The zero-order chi connectivity index (χ0) is 19.4. The first-order valence-corrected chi connectivity index (χ1v) is 10.3. The Balaban J connectivity index is 1.48. The Labute approximate surface area is 162 Å². The third kappa shape index (κ3) is 4.82. The SMILES string of the molecule is Cc1ccc(C(C)C)cc1OCC(=O)N1CCN(C(=O)C2CCCC2)CC1. The predicted octanol–water partition coefficient (Wildman–Crippen LogP) is 3.36. The van der Waals surface area contributed by atoms with E-state index in [1.54, 1.807) is 0 Å². The summed E-state index contributed by atoms with van der Waals surface area (Å²) < 4.78 is 5.83. The summed E-state index contributed by atoms with van der Waals surface area (Å²) in [6, 6.07) is 6.18. The van der Waals surface area contributed by atoms with E-state index in [0.29, 0.717) is 32.1 Å². The molecule has 0 atom stereocenters. The van der Waals surface area contributed by atoms with Crippen molar-refractivity contribution in [3.05, 3.63) is 29.3 Å². The summed E-state index contributed by atoms with van der Waals surface area (Å²) in [5, 5.41) is 0. The quantitative estimate of drug-likeness (QED) is 0.796. The molecule has 1 aliphatic carbocycles. The van der Waals surface area contributed by atoms with Gasteiger partial charge in [0, 0.05) is 32.1 Å². The summed E-state index contributed by atoms with van der Waals surface area (Å²) in [6.45, 7) is 8.83. The lowest BCUT2D eigenvalue weighted by atomic mass is 10.0. The molecule has 1 saturated carbocycles. The number of piperazine rings is 1. The minimum atomic E-state index is -0.00249. The monoisotopic (exact) mass is 372 g/mol. The maximum absolute atomic E-state index is 12.5. The van der Waals surface area contributed by atoms with Crippen molar-refractivity contribution in [1.29, 1.82) is 0 Å². The largest absolute Gasteiger partial charge is 0.483 e. The Kier molecular flexibility index (Phi) is 6.40. The number of aryl methyl sites for hydroxylation is 1. The molecule has 5 heteroatoms. The molecule has 0 spiro atoms. The molecule has 27 heavy (non-hydrogen) atoms. The topological polar surface area (TPSA) is 49.9 Å². The number of hydrogen-bond donors (Lipinski definition) is 0. The molecular weight excluding hydrogens is 340 g/mol. The molecule has 0 N–H and O–H groups in total. The van der Waals surface area contributed by atoms with E-state index < -0.39 is 0 Å². The fourth-order valence-electron chi connectivity index (χ4n) is 3.97. The molecule has 2 amide bonds.